The smallest absolute Gasteiger partial charge is 0.180 e. The second kappa shape index (κ2) is 3.64. The van der Waals surface area contributed by atoms with Crippen molar-refractivity contribution in [3.8, 4) is 0 Å². The maximum absolute atomic E-state index is 5.58. The van der Waals surface area contributed by atoms with Crippen molar-refractivity contribution in [3.63, 3.8) is 0 Å². The van der Waals surface area contributed by atoms with Crippen molar-refractivity contribution in [1.29, 1.82) is 0 Å². The number of aromatic nitrogens is 1. The zero-order chi connectivity index (χ0) is 9.26. The van der Waals surface area contributed by atoms with Crippen LogP contribution in [0.2, 0.25) is 0 Å². The summed E-state index contributed by atoms with van der Waals surface area (Å²) in [6, 6.07) is 0.725. The summed E-state index contributed by atoms with van der Waals surface area (Å²) in [5, 5.41) is 0.682. The van der Waals surface area contributed by atoms with Gasteiger partial charge in [0.1, 0.15) is 0 Å². The Labute approximate surface area is 82.6 Å². The minimum Gasteiger partial charge on any atom is -0.375 e. The van der Waals surface area contributed by atoms with Crippen molar-refractivity contribution in [1.82, 2.24) is 9.88 Å². The summed E-state index contributed by atoms with van der Waals surface area (Å²) in [6.07, 6.45) is 4.55. The number of rotatable bonds is 2. The SMILES string of the molecule is CC1CCCN1Cc1cnc(N)s1. The van der Waals surface area contributed by atoms with Gasteiger partial charge in [-0.3, -0.25) is 4.90 Å². The highest BCUT2D eigenvalue weighted by atomic mass is 32.1. The van der Waals surface area contributed by atoms with Crippen molar-refractivity contribution in [3.05, 3.63) is 11.1 Å². The van der Waals surface area contributed by atoms with Crippen molar-refractivity contribution >= 4 is 16.5 Å². The van der Waals surface area contributed by atoms with Crippen molar-refractivity contribution in [2.24, 2.45) is 0 Å². The number of nitrogens with two attached hydrogens (primary N) is 1. The fourth-order valence-electron chi connectivity index (χ4n) is 1.82. The first-order valence-electron chi connectivity index (χ1n) is 4.70. The predicted octanol–water partition coefficient (Wildman–Crippen LogP) is 1.71. The molecule has 2 heterocycles. The van der Waals surface area contributed by atoms with Gasteiger partial charge < -0.3 is 5.73 Å². The molecule has 2 N–H and O–H groups in total. The highest BCUT2D eigenvalue weighted by molar-refractivity contribution is 7.15. The summed E-state index contributed by atoms with van der Waals surface area (Å²) in [6.45, 7) is 4.53. The number of nitrogen functional groups attached to an aromatic ring is 1. The third kappa shape index (κ3) is 2.00. The van der Waals surface area contributed by atoms with Crippen LogP contribution >= 0.6 is 11.3 Å². The first kappa shape index (κ1) is 8.97. The quantitative estimate of drug-likeness (QED) is 0.784. The molecule has 1 unspecified atom stereocenters. The number of likely N-dealkylation sites (tertiary alicyclic amines) is 1. The highest BCUT2D eigenvalue weighted by Crippen LogP contribution is 2.22. The Balaban J connectivity index is 1.97. The van der Waals surface area contributed by atoms with E-state index in [1.165, 1.54) is 24.3 Å². The van der Waals surface area contributed by atoms with Crippen molar-refractivity contribution in [2.75, 3.05) is 12.3 Å². The molecule has 2 rings (SSSR count). The van der Waals surface area contributed by atoms with E-state index in [2.05, 4.69) is 16.8 Å². The lowest BCUT2D eigenvalue weighted by molar-refractivity contribution is 0.262. The Morgan fingerprint density at radius 3 is 3.15 bits per heavy atom. The average Bonchev–Trinajstić information content (AvgIpc) is 2.64. The number of hydrogen-bond donors (Lipinski definition) is 1. The van der Waals surface area contributed by atoms with E-state index in [4.69, 9.17) is 5.73 Å². The Hall–Kier alpha value is -0.610. The van der Waals surface area contributed by atoms with Gasteiger partial charge in [-0.15, -0.1) is 11.3 Å². The van der Waals surface area contributed by atoms with Gasteiger partial charge in [0.15, 0.2) is 5.13 Å². The standard InChI is InChI=1S/C9H15N3S/c1-7-3-2-4-12(7)6-8-5-11-9(10)13-8/h5,7H,2-4,6H2,1H3,(H2,10,11). The summed E-state index contributed by atoms with van der Waals surface area (Å²) < 4.78 is 0. The molecule has 1 aliphatic heterocycles. The summed E-state index contributed by atoms with van der Waals surface area (Å²) in [7, 11) is 0. The van der Waals surface area contributed by atoms with Gasteiger partial charge in [-0.05, 0) is 26.3 Å². The Morgan fingerprint density at radius 2 is 2.62 bits per heavy atom. The zero-order valence-corrected chi connectivity index (χ0v) is 8.68. The van der Waals surface area contributed by atoms with Gasteiger partial charge >= 0.3 is 0 Å². The van der Waals surface area contributed by atoms with Gasteiger partial charge in [-0.2, -0.15) is 0 Å². The maximum atomic E-state index is 5.58. The van der Waals surface area contributed by atoms with Gasteiger partial charge in [0.25, 0.3) is 0 Å². The molecule has 13 heavy (non-hydrogen) atoms. The van der Waals surface area contributed by atoms with Crippen LogP contribution in [0.1, 0.15) is 24.6 Å². The lowest BCUT2D eigenvalue weighted by Gasteiger charge is -2.19. The molecule has 0 aliphatic carbocycles. The fraction of sp³-hybridized carbons (Fsp3) is 0.667. The van der Waals surface area contributed by atoms with E-state index in [9.17, 15) is 0 Å². The maximum Gasteiger partial charge on any atom is 0.180 e. The van der Waals surface area contributed by atoms with E-state index in [1.54, 1.807) is 11.3 Å². The molecule has 3 nitrogen and oxygen atoms in total. The van der Waals surface area contributed by atoms with Crippen LogP contribution in [0, 0.1) is 0 Å². The number of hydrogen-bond acceptors (Lipinski definition) is 4. The number of thiazole rings is 1. The molecule has 1 fully saturated rings. The molecule has 0 radical (unpaired) electrons. The van der Waals surface area contributed by atoms with Crippen molar-refractivity contribution < 1.29 is 0 Å². The van der Waals surface area contributed by atoms with Crippen LogP contribution in [0.15, 0.2) is 6.20 Å². The molecular formula is C9H15N3S. The Kier molecular flexibility index (Phi) is 2.51. The molecule has 0 aromatic carbocycles. The lowest BCUT2D eigenvalue weighted by Crippen LogP contribution is -2.25. The fourth-order valence-corrected chi connectivity index (χ4v) is 2.53. The second-order valence-electron chi connectivity index (χ2n) is 3.63. The van der Waals surface area contributed by atoms with Gasteiger partial charge in [0.2, 0.25) is 0 Å². The minimum absolute atomic E-state index is 0.682. The molecule has 0 amide bonds. The van der Waals surface area contributed by atoms with Crippen LogP contribution in [0.25, 0.3) is 0 Å². The Bertz CT molecular complexity index is 284. The van der Waals surface area contributed by atoms with E-state index < -0.39 is 0 Å². The molecule has 1 saturated heterocycles. The van der Waals surface area contributed by atoms with Crippen LogP contribution in [-0.2, 0) is 6.54 Å². The summed E-state index contributed by atoms with van der Waals surface area (Å²) in [5.41, 5.74) is 5.58. The lowest BCUT2D eigenvalue weighted by atomic mass is 10.2. The van der Waals surface area contributed by atoms with Crippen LogP contribution in [0.5, 0.6) is 0 Å². The second-order valence-corrected chi connectivity index (χ2v) is 4.77. The largest absolute Gasteiger partial charge is 0.375 e. The molecular weight excluding hydrogens is 182 g/mol. The van der Waals surface area contributed by atoms with E-state index in [0.29, 0.717) is 5.13 Å². The normalized spacial score (nSPS) is 23.9. The van der Waals surface area contributed by atoms with E-state index in [1.807, 2.05) is 6.20 Å². The molecule has 1 aliphatic rings. The molecule has 1 aromatic rings. The predicted molar refractivity (Wildman–Crippen MR) is 55.6 cm³/mol. The van der Waals surface area contributed by atoms with Gasteiger partial charge in [0.05, 0.1) is 0 Å². The van der Waals surface area contributed by atoms with Gasteiger partial charge in [-0.25, -0.2) is 4.98 Å². The topological polar surface area (TPSA) is 42.2 Å². The molecule has 1 aromatic heterocycles. The summed E-state index contributed by atoms with van der Waals surface area (Å²) in [5.74, 6) is 0. The molecule has 4 heteroatoms. The third-order valence-corrected chi connectivity index (χ3v) is 3.43. The molecule has 1 atom stereocenters. The first-order valence-corrected chi connectivity index (χ1v) is 5.51. The molecule has 0 spiro atoms. The molecule has 72 valence electrons. The minimum atomic E-state index is 0.682. The monoisotopic (exact) mass is 197 g/mol. The summed E-state index contributed by atoms with van der Waals surface area (Å²) in [4.78, 5) is 7.83. The average molecular weight is 197 g/mol. The zero-order valence-electron chi connectivity index (χ0n) is 7.86. The van der Waals surface area contributed by atoms with E-state index in [-0.39, 0.29) is 0 Å². The number of nitrogens with zero attached hydrogens (tertiary/aromatic N) is 2. The third-order valence-electron chi connectivity index (χ3n) is 2.62. The summed E-state index contributed by atoms with van der Waals surface area (Å²) >= 11 is 1.60. The van der Waals surface area contributed by atoms with Crippen LogP contribution in [0.3, 0.4) is 0 Å². The van der Waals surface area contributed by atoms with Crippen molar-refractivity contribution in [2.45, 2.75) is 32.4 Å². The van der Waals surface area contributed by atoms with Gasteiger partial charge in [0, 0.05) is 23.7 Å². The first-order chi connectivity index (χ1) is 6.25. The highest BCUT2D eigenvalue weighted by Gasteiger charge is 2.20. The molecule has 0 bridgehead atoms. The van der Waals surface area contributed by atoms with E-state index in [0.717, 1.165) is 12.6 Å². The van der Waals surface area contributed by atoms with Crippen LogP contribution in [-0.4, -0.2) is 22.5 Å². The van der Waals surface area contributed by atoms with Gasteiger partial charge in [-0.1, -0.05) is 0 Å². The number of anilines is 1. The van der Waals surface area contributed by atoms with Crippen LogP contribution < -0.4 is 5.73 Å². The van der Waals surface area contributed by atoms with E-state index >= 15 is 0 Å². The Morgan fingerprint density at radius 1 is 1.77 bits per heavy atom. The van der Waals surface area contributed by atoms with Crippen LogP contribution in [0.4, 0.5) is 5.13 Å². The molecule has 0 saturated carbocycles.